The number of anilines is 1. The van der Waals surface area contributed by atoms with Crippen LogP contribution in [0.4, 0.5) is 23.2 Å². The molecule has 3 heterocycles. The first-order chi connectivity index (χ1) is 17.5. The van der Waals surface area contributed by atoms with Crippen LogP contribution < -0.4 is 10.6 Å². The number of hydrogen-bond acceptors (Lipinski definition) is 5. The number of Topliss-reactive ketones (excluding diaryl/α,β-unsaturated/α-hetero) is 1. The molecule has 2 aromatic heterocycles. The van der Waals surface area contributed by atoms with Gasteiger partial charge < -0.3 is 15.2 Å². The molecule has 3 N–H and O–H groups in total. The van der Waals surface area contributed by atoms with Crippen molar-refractivity contribution in [3.05, 3.63) is 64.2 Å². The zero-order valence-corrected chi connectivity index (χ0v) is 19.4. The van der Waals surface area contributed by atoms with Gasteiger partial charge in [0.2, 0.25) is 0 Å². The summed E-state index contributed by atoms with van der Waals surface area (Å²) in [5.41, 5.74) is -0.440. The van der Waals surface area contributed by atoms with Crippen molar-refractivity contribution in [3.8, 4) is 0 Å². The number of carbonyl (C=O) groups excluding carboxylic acids is 3. The molecule has 2 atom stereocenters. The van der Waals surface area contributed by atoms with E-state index in [1.807, 2.05) is 0 Å². The molecule has 13 heteroatoms. The third-order valence-electron chi connectivity index (χ3n) is 7.43. The first-order valence-corrected chi connectivity index (χ1v) is 11.6. The molecule has 2 saturated carbocycles. The van der Waals surface area contributed by atoms with E-state index in [0.717, 1.165) is 18.6 Å². The van der Waals surface area contributed by atoms with Crippen molar-refractivity contribution >= 4 is 23.3 Å². The number of rotatable bonds is 6. The first kappa shape index (κ1) is 23.4. The highest BCUT2D eigenvalue weighted by Gasteiger charge is 2.60. The van der Waals surface area contributed by atoms with E-state index >= 15 is 0 Å². The van der Waals surface area contributed by atoms with Crippen LogP contribution in [0.3, 0.4) is 0 Å². The van der Waals surface area contributed by atoms with Crippen molar-refractivity contribution < 1.29 is 31.9 Å². The van der Waals surface area contributed by atoms with E-state index in [1.54, 1.807) is 4.57 Å². The average molecular weight is 516 g/mol. The summed E-state index contributed by atoms with van der Waals surface area (Å²) in [4.78, 5) is 39.7. The van der Waals surface area contributed by atoms with Crippen molar-refractivity contribution in [2.24, 2.45) is 5.92 Å². The summed E-state index contributed by atoms with van der Waals surface area (Å²) in [6.07, 6.45) is 1.04. The Kier molecular flexibility index (Phi) is 4.89. The van der Waals surface area contributed by atoms with Crippen LogP contribution in [0.25, 0.3) is 0 Å². The maximum atomic E-state index is 13.8. The Balaban J connectivity index is 1.31. The number of ketones is 1. The number of amides is 2. The van der Waals surface area contributed by atoms with Crippen LogP contribution in [0, 0.1) is 24.5 Å². The number of nitrogens with one attached hydrogen (secondary N) is 3. The molecule has 0 unspecified atom stereocenters. The largest absolute Gasteiger partial charge is 0.337 e. The number of H-pyrrole nitrogens is 1. The minimum Gasteiger partial charge on any atom is -0.337 e. The molecule has 6 rings (SSSR count). The summed E-state index contributed by atoms with van der Waals surface area (Å²) in [5.74, 6) is -7.71. The predicted octanol–water partition coefficient (Wildman–Crippen LogP) is 3.19. The topological polar surface area (TPSA) is 122 Å². The van der Waals surface area contributed by atoms with E-state index in [9.17, 15) is 31.9 Å². The fraction of sp³-hybridized carbons (Fsp3) is 0.375. The predicted molar refractivity (Wildman–Crippen MR) is 119 cm³/mol. The number of halogens is 4. The second kappa shape index (κ2) is 7.73. The lowest BCUT2D eigenvalue weighted by Crippen LogP contribution is -2.61. The van der Waals surface area contributed by atoms with Gasteiger partial charge in [-0.1, -0.05) is 0 Å². The van der Waals surface area contributed by atoms with E-state index in [4.69, 9.17) is 0 Å². The molecule has 3 aromatic rings. The third-order valence-corrected chi connectivity index (χ3v) is 7.43. The van der Waals surface area contributed by atoms with Gasteiger partial charge in [-0.15, -0.1) is 0 Å². The number of alkyl halides is 2. The lowest BCUT2D eigenvalue weighted by Gasteiger charge is -2.46. The molecule has 0 spiro atoms. The minimum absolute atomic E-state index is 0.00863. The van der Waals surface area contributed by atoms with Crippen LogP contribution in [0.2, 0.25) is 0 Å². The molecule has 192 valence electrons. The molecule has 0 radical (unpaired) electrons. The van der Waals surface area contributed by atoms with Gasteiger partial charge in [-0.25, -0.2) is 17.6 Å². The van der Waals surface area contributed by atoms with Gasteiger partial charge in [0.15, 0.2) is 11.6 Å². The molecule has 2 fully saturated rings. The Morgan fingerprint density at radius 3 is 2.57 bits per heavy atom. The number of nitrogens with zero attached hydrogens (tertiary/aromatic N) is 3. The summed E-state index contributed by atoms with van der Waals surface area (Å²) in [6, 6.07) is 2.87. The van der Waals surface area contributed by atoms with Crippen molar-refractivity contribution in [2.45, 2.75) is 50.1 Å². The van der Waals surface area contributed by atoms with Gasteiger partial charge in [-0.2, -0.15) is 15.4 Å². The molecular formula is C24H20F4N6O3. The summed E-state index contributed by atoms with van der Waals surface area (Å²) in [7, 11) is 0. The average Bonchev–Trinajstić information content (AvgIpc) is 3.13. The lowest BCUT2D eigenvalue weighted by molar-refractivity contribution is -0.148. The Morgan fingerprint density at radius 2 is 1.92 bits per heavy atom. The highest BCUT2D eigenvalue weighted by molar-refractivity contribution is 6.43. The zero-order valence-electron chi connectivity index (χ0n) is 19.4. The van der Waals surface area contributed by atoms with Crippen molar-refractivity contribution in [2.75, 3.05) is 5.32 Å². The number of hydrogen-bond donors (Lipinski definition) is 3. The fourth-order valence-corrected chi connectivity index (χ4v) is 5.68. The van der Waals surface area contributed by atoms with E-state index in [2.05, 4.69) is 26.0 Å². The van der Waals surface area contributed by atoms with Gasteiger partial charge in [0.1, 0.15) is 5.69 Å². The van der Waals surface area contributed by atoms with E-state index in [-0.39, 0.29) is 40.2 Å². The summed E-state index contributed by atoms with van der Waals surface area (Å²) in [6.45, 7) is 1.52. The quantitative estimate of drug-likeness (QED) is 0.264. The van der Waals surface area contributed by atoms with Crippen molar-refractivity contribution in [1.82, 2.24) is 25.3 Å². The van der Waals surface area contributed by atoms with Crippen LogP contribution in [-0.4, -0.2) is 43.5 Å². The molecule has 1 aliphatic heterocycles. The van der Waals surface area contributed by atoms with Gasteiger partial charge in [-0.05, 0) is 43.4 Å². The Labute approximate surface area is 206 Å². The SMILES string of the molecule is Cc1c(C(=O)Nc2ccc(F)c(F)c2)c2n(c1C(=O)C(=O)NC1(c3cn[nH]n3)CC(F)(F)C1)[C@H]1C[C@H]1C2. The molecule has 1 aromatic carbocycles. The number of benzene rings is 1. The van der Waals surface area contributed by atoms with Gasteiger partial charge in [0.25, 0.3) is 23.5 Å². The van der Waals surface area contributed by atoms with Gasteiger partial charge in [0.05, 0.1) is 23.0 Å². The van der Waals surface area contributed by atoms with Crippen molar-refractivity contribution in [1.29, 1.82) is 0 Å². The molecule has 9 nitrogen and oxygen atoms in total. The second-order valence-corrected chi connectivity index (χ2v) is 9.95. The van der Waals surface area contributed by atoms with Crippen molar-refractivity contribution in [3.63, 3.8) is 0 Å². The van der Waals surface area contributed by atoms with Gasteiger partial charge in [-0.3, -0.25) is 14.4 Å². The van der Waals surface area contributed by atoms with Crippen LogP contribution in [0.1, 0.15) is 63.1 Å². The van der Waals surface area contributed by atoms with Crippen LogP contribution in [0.15, 0.2) is 24.4 Å². The summed E-state index contributed by atoms with van der Waals surface area (Å²) >= 11 is 0. The highest BCUT2D eigenvalue weighted by Crippen LogP contribution is 2.55. The van der Waals surface area contributed by atoms with E-state index < -0.39 is 53.5 Å². The third kappa shape index (κ3) is 3.63. The molecule has 3 aliphatic rings. The summed E-state index contributed by atoms with van der Waals surface area (Å²) in [5, 5.41) is 14.7. The van der Waals surface area contributed by atoms with E-state index in [0.29, 0.717) is 12.1 Å². The number of aromatic amines is 1. The molecule has 37 heavy (non-hydrogen) atoms. The Bertz CT molecular complexity index is 1470. The van der Waals surface area contributed by atoms with Crippen LogP contribution >= 0.6 is 0 Å². The first-order valence-electron chi connectivity index (χ1n) is 11.6. The monoisotopic (exact) mass is 516 g/mol. The Morgan fingerprint density at radius 1 is 1.16 bits per heavy atom. The Hall–Kier alpha value is -4.03. The zero-order chi connectivity index (χ0) is 26.3. The van der Waals surface area contributed by atoms with Crippen LogP contribution in [-0.2, 0) is 16.8 Å². The standard InChI is InChI=1S/C24H20F4N6O3/c1-10-18(21(36)30-12-2-3-13(25)14(26)6-12)16-5-11-4-15(11)34(16)19(10)20(35)22(37)31-23(8-24(27,28)9-23)17-7-29-33-32-17/h2-3,6-7,11,15H,4-5,8-9H2,1H3,(H,30,36)(H,31,37)(H,29,32,33)/t11-,15-/m0/s1. The number of fused-ring (bicyclic) bond motifs is 3. The summed E-state index contributed by atoms with van der Waals surface area (Å²) < 4.78 is 56.3. The molecule has 2 amide bonds. The number of carbonyl (C=O) groups is 3. The number of aromatic nitrogens is 4. The lowest BCUT2D eigenvalue weighted by atomic mass is 9.71. The molecule has 2 aliphatic carbocycles. The van der Waals surface area contributed by atoms with Crippen LogP contribution in [0.5, 0.6) is 0 Å². The van der Waals surface area contributed by atoms with E-state index in [1.165, 1.54) is 19.2 Å². The molecule has 0 bridgehead atoms. The maximum absolute atomic E-state index is 13.8. The fourth-order valence-electron chi connectivity index (χ4n) is 5.68. The minimum atomic E-state index is -3.03. The van der Waals surface area contributed by atoms with Gasteiger partial charge in [0, 0.05) is 36.3 Å². The highest BCUT2D eigenvalue weighted by atomic mass is 19.3. The molecule has 0 saturated heterocycles. The smallest absolute Gasteiger partial charge is 0.294 e. The van der Waals surface area contributed by atoms with Gasteiger partial charge >= 0.3 is 0 Å². The maximum Gasteiger partial charge on any atom is 0.294 e. The normalized spacial score (nSPS) is 22.0. The second-order valence-electron chi connectivity index (χ2n) is 9.95. The molecular weight excluding hydrogens is 496 g/mol.